The average Bonchev–Trinajstić information content (AvgIpc) is 2.93. The molecule has 0 saturated heterocycles. The van der Waals surface area contributed by atoms with Crippen molar-refractivity contribution in [3.63, 3.8) is 0 Å². The molecule has 0 aliphatic heterocycles. The number of benzene rings is 1. The van der Waals surface area contributed by atoms with Gasteiger partial charge in [0.05, 0.1) is 23.4 Å². The van der Waals surface area contributed by atoms with Gasteiger partial charge in [0.2, 0.25) is 0 Å². The molecule has 0 spiro atoms. The molecule has 0 aliphatic carbocycles. The summed E-state index contributed by atoms with van der Waals surface area (Å²) in [6.45, 7) is 1.92. The second kappa shape index (κ2) is 8.11. The van der Waals surface area contributed by atoms with Gasteiger partial charge >= 0.3 is 0 Å². The minimum atomic E-state index is -0.525. The number of nitrogens with one attached hydrogen (secondary N) is 2. The number of nitrogens with zero attached hydrogens (tertiary/aromatic N) is 3. The van der Waals surface area contributed by atoms with Gasteiger partial charge in [-0.25, -0.2) is 19.8 Å². The number of anilines is 2. The Labute approximate surface area is 155 Å². The number of carbonyl (C=O) groups is 1. The summed E-state index contributed by atoms with van der Waals surface area (Å²) < 4.78 is 15.9. The van der Waals surface area contributed by atoms with E-state index in [9.17, 15) is 9.18 Å². The molecule has 3 aromatic rings. The topological polar surface area (TPSA) is 101 Å². The lowest BCUT2D eigenvalue weighted by molar-refractivity contribution is 0.0256. The number of rotatable bonds is 7. The first-order valence-corrected chi connectivity index (χ1v) is 8.37. The molecule has 3 N–H and O–H groups in total. The molecule has 1 aromatic carbocycles. The monoisotopic (exact) mass is 373 g/mol. The molecule has 2 aromatic heterocycles. The summed E-state index contributed by atoms with van der Waals surface area (Å²) in [5.74, 6) is -0.960. The van der Waals surface area contributed by atoms with E-state index in [1.54, 1.807) is 36.9 Å². The van der Waals surface area contributed by atoms with Crippen LogP contribution >= 0.6 is 0 Å². The molecule has 0 bridgehead atoms. The van der Waals surface area contributed by atoms with E-state index in [2.05, 4.69) is 20.8 Å². The summed E-state index contributed by atoms with van der Waals surface area (Å²) in [7, 11) is 1.68. The molecule has 0 fully saturated rings. The summed E-state index contributed by atoms with van der Waals surface area (Å²) in [6, 6.07) is 4.78. The number of halogens is 1. The van der Waals surface area contributed by atoms with E-state index < -0.39 is 11.7 Å². The fourth-order valence-electron chi connectivity index (χ4n) is 2.72. The van der Waals surface area contributed by atoms with Crippen LogP contribution in [-0.2, 0) is 11.9 Å². The smallest absolute Gasteiger partial charge is 0.293 e. The van der Waals surface area contributed by atoms with E-state index in [0.29, 0.717) is 23.1 Å². The quantitative estimate of drug-likeness (QED) is 0.434. The minimum Gasteiger partial charge on any atom is -0.396 e. The molecule has 0 unspecified atom stereocenters. The van der Waals surface area contributed by atoms with Crippen LogP contribution in [0, 0.1) is 12.7 Å². The Kier molecular flexibility index (Phi) is 5.63. The van der Waals surface area contributed by atoms with E-state index in [4.69, 9.17) is 9.94 Å². The van der Waals surface area contributed by atoms with Crippen molar-refractivity contribution < 1.29 is 19.1 Å². The fraction of sp³-hybridized carbons (Fsp3) is 0.278. The molecule has 3 rings (SSSR count). The van der Waals surface area contributed by atoms with E-state index >= 15 is 0 Å². The Hall–Kier alpha value is -3.04. The molecule has 0 atom stereocenters. The highest BCUT2D eigenvalue weighted by molar-refractivity contribution is 6.08. The van der Waals surface area contributed by atoms with Gasteiger partial charge in [-0.1, -0.05) is 6.07 Å². The van der Waals surface area contributed by atoms with Crippen LogP contribution in [0.5, 0.6) is 0 Å². The Morgan fingerprint density at radius 3 is 2.96 bits per heavy atom. The first-order chi connectivity index (χ1) is 13.0. The van der Waals surface area contributed by atoms with Gasteiger partial charge in [0.25, 0.3) is 5.91 Å². The zero-order valence-electron chi connectivity index (χ0n) is 15.0. The highest BCUT2D eigenvalue weighted by atomic mass is 19.1. The van der Waals surface area contributed by atoms with Gasteiger partial charge < -0.3 is 15.0 Å². The van der Waals surface area contributed by atoms with Crippen molar-refractivity contribution in [2.45, 2.75) is 13.3 Å². The van der Waals surface area contributed by atoms with Gasteiger partial charge in [-0.05, 0) is 31.0 Å². The predicted octanol–water partition coefficient (Wildman–Crippen LogP) is 2.20. The molecule has 0 aliphatic rings. The number of aliphatic hydroxyl groups excluding tert-OH is 1. The fourth-order valence-corrected chi connectivity index (χ4v) is 2.72. The summed E-state index contributed by atoms with van der Waals surface area (Å²) in [6.07, 6.45) is 3.32. The molecule has 0 saturated carbocycles. The van der Waals surface area contributed by atoms with Crippen molar-refractivity contribution in [3.05, 3.63) is 47.8 Å². The maximum absolute atomic E-state index is 14.3. The molecular weight excluding hydrogens is 353 g/mol. The lowest BCUT2D eigenvalue weighted by atomic mass is 10.2. The average molecular weight is 373 g/mol. The van der Waals surface area contributed by atoms with E-state index in [1.165, 1.54) is 12.4 Å². The van der Waals surface area contributed by atoms with Crippen molar-refractivity contribution in [2.75, 3.05) is 18.5 Å². The molecule has 142 valence electrons. The van der Waals surface area contributed by atoms with Gasteiger partial charge in [-0.3, -0.25) is 9.63 Å². The minimum absolute atomic E-state index is 0.0427. The Morgan fingerprint density at radius 1 is 1.41 bits per heavy atom. The number of carbonyl (C=O) groups excluding carboxylic acids is 1. The van der Waals surface area contributed by atoms with Gasteiger partial charge in [-0.15, -0.1) is 0 Å². The number of hydroxylamine groups is 1. The maximum atomic E-state index is 14.3. The van der Waals surface area contributed by atoms with Crippen molar-refractivity contribution in [2.24, 2.45) is 7.05 Å². The second-order valence-electron chi connectivity index (χ2n) is 6.01. The van der Waals surface area contributed by atoms with Crippen LogP contribution in [0.2, 0.25) is 0 Å². The number of aryl methyl sites for hydroxylation is 2. The van der Waals surface area contributed by atoms with Gasteiger partial charge in [0.15, 0.2) is 0 Å². The van der Waals surface area contributed by atoms with Crippen LogP contribution in [0.15, 0.2) is 30.7 Å². The molecule has 27 heavy (non-hydrogen) atoms. The SMILES string of the molecule is Cc1ccc(Nc2c(C(=O)NOCCCO)n(C)c3ncncc23)c(F)c1. The summed E-state index contributed by atoms with van der Waals surface area (Å²) in [5.41, 5.74) is 4.45. The lowest BCUT2D eigenvalue weighted by Crippen LogP contribution is -2.27. The number of amides is 1. The molecule has 2 heterocycles. The van der Waals surface area contributed by atoms with Crippen LogP contribution in [0.4, 0.5) is 15.8 Å². The third-order valence-electron chi connectivity index (χ3n) is 4.02. The Morgan fingerprint density at radius 2 is 2.22 bits per heavy atom. The maximum Gasteiger partial charge on any atom is 0.293 e. The van der Waals surface area contributed by atoms with Gasteiger partial charge in [-0.2, -0.15) is 0 Å². The zero-order chi connectivity index (χ0) is 19.4. The van der Waals surface area contributed by atoms with Crippen LogP contribution < -0.4 is 10.8 Å². The standard InChI is InChI=1S/C18H20FN5O3/c1-11-4-5-14(13(19)8-11)22-15-12-9-20-10-21-17(12)24(2)16(15)18(26)23-27-7-3-6-25/h4-5,8-10,22,25H,3,6-7H2,1-2H3,(H,23,26). The van der Waals surface area contributed by atoms with Crippen LogP contribution in [-0.4, -0.2) is 38.8 Å². The van der Waals surface area contributed by atoms with E-state index in [0.717, 1.165) is 5.56 Å². The van der Waals surface area contributed by atoms with Crippen molar-refractivity contribution in [1.82, 2.24) is 20.0 Å². The van der Waals surface area contributed by atoms with E-state index in [-0.39, 0.29) is 24.6 Å². The number of hydrogen-bond acceptors (Lipinski definition) is 6. The van der Waals surface area contributed by atoms with Crippen molar-refractivity contribution in [3.8, 4) is 0 Å². The number of fused-ring (bicyclic) bond motifs is 1. The molecule has 8 nitrogen and oxygen atoms in total. The molecule has 0 radical (unpaired) electrons. The highest BCUT2D eigenvalue weighted by Crippen LogP contribution is 2.32. The first-order valence-electron chi connectivity index (χ1n) is 8.37. The van der Waals surface area contributed by atoms with Crippen molar-refractivity contribution >= 4 is 28.3 Å². The van der Waals surface area contributed by atoms with Gasteiger partial charge in [0.1, 0.15) is 23.5 Å². The van der Waals surface area contributed by atoms with Crippen LogP contribution in [0.1, 0.15) is 22.5 Å². The lowest BCUT2D eigenvalue weighted by Gasteiger charge is -2.11. The van der Waals surface area contributed by atoms with Crippen LogP contribution in [0.25, 0.3) is 11.0 Å². The summed E-state index contributed by atoms with van der Waals surface area (Å²) in [4.78, 5) is 25.9. The third-order valence-corrected chi connectivity index (χ3v) is 4.02. The normalized spacial score (nSPS) is 11.0. The Balaban J connectivity index is 2.00. The molecular formula is C18H20FN5O3. The summed E-state index contributed by atoms with van der Waals surface area (Å²) >= 11 is 0. The number of hydrogen-bond donors (Lipinski definition) is 3. The molecule has 9 heteroatoms. The summed E-state index contributed by atoms with van der Waals surface area (Å²) in [5, 5.41) is 12.3. The largest absolute Gasteiger partial charge is 0.396 e. The Bertz CT molecular complexity index is 973. The highest BCUT2D eigenvalue weighted by Gasteiger charge is 2.23. The number of aliphatic hydroxyl groups is 1. The van der Waals surface area contributed by atoms with Crippen LogP contribution in [0.3, 0.4) is 0 Å². The predicted molar refractivity (Wildman–Crippen MR) is 98.0 cm³/mol. The van der Waals surface area contributed by atoms with Gasteiger partial charge in [0, 0.05) is 19.9 Å². The second-order valence-corrected chi connectivity index (χ2v) is 6.01. The first kappa shape index (κ1) is 18.7. The zero-order valence-corrected chi connectivity index (χ0v) is 15.0. The number of aromatic nitrogens is 3. The molecule has 1 amide bonds. The van der Waals surface area contributed by atoms with E-state index in [1.807, 2.05) is 0 Å². The van der Waals surface area contributed by atoms with Crippen molar-refractivity contribution in [1.29, 1.82) is 0 Å². The third kappa shape index (κ3) is 3.88.